The zero-order valence-corrected chi connectivity index (χ0v) is 10.4. The van der Waals surface area contributed by atoms with E-state index in [-0.39, 0.29) is 6.10 Å². The summed E-state index contributed by atoms with van der Waals surface area (Å²) in [6.07, 6.45) is 6.13. The minimum atomic E-state index is -0.584. The van der Waals surface area contributed by atoms with Crippen LogP contribution in [0.25, 0.3) is 0 Å². The average molecular weight is 214 g/mol. The second-order valence-electron chi connectivity index (χ2n) is 5.77. The van der Waals surface area contributed by atoms with Crippen molar-refractivity contribution in [1.82, 2.24) is 0 Å². The lowest BCUT2D eigenvalue weighted by Crippen LogP contribution is -2.31. The Hall–Kier alpha value is -0.0800. The van der Waals surface area contributed by atoms with E-state index in [1.54, 1.807) is 0 Å². The van der Waals surface area contributed by atoms with Gasteiger partial charge in [-0.05, 0) is 57.8 Å². The summed E-state index contributed by atoms with van der Waals surface area (Å²) in [7, 11) is 0. The Morgan fingerprint density at radius 3 is 2.47 bits per heavy atom. The lowest BCUT2D eigenvalue weighted by atomic mass is 9.75. The van der Waals surface area contributed by atoms with Crippen molar-refractivity contribution in [2.75, 3.05) is 0 Å². The van der Waals surface area contributed by atoms with E-state index in [1.165, 1.54) is 12.8 Å². The number of aliphatic hydroxyl groups excluding tert-OH is 1. The van der Waals surface area contributed by atoms with Crippen molar-refractivity contribution < 1.29 is 10.2 Å². The molecule has 0 amide bonds. The first-order chi connectivity index (χ1) is 6.92. The van der Waals surface area contributed by atoms with Gasteiger partial charge in [0.05, 0.1) is 11.7 Å². The Kier molecular flexibility index (Phi) is 4.60. The maximum absolute atomic E-state index is 9.90. The molecule has 0 heterocycles. The van der Waals surface area contributed by atoms with Gasteiger partial charge in [-0.1, -0.05) is 13.3 Å². The summed E-state index contributed by atoms with van der Waals surface area (Å²) >= 11 is 0. The molecule has 1 rings (SSSR count). The summed E-state index contributed by atoms with van der Waals surface area (Å²) in [5.74, 6) is 1.20. The van der Waals surface area contributed by atoms with Crippen molar-refractivity contribution in [3.05, 3.63) is 0 Å². The third-order valence-electron chi connectivity index (χ3n) is 3.76. The Morgan fingerprint density at radius 1 is 1.27 bits per heavy atom. The molecule has 0 aromatic carbocycles. The molecule has 1 saturated carbocycles. The van der Waals surface area contributed by atoms with Crippen LogP contribution in [-0.4, -0.2) is 21.9 Å². The lowest BCUT2D eigenvalue weighted by Gasteiger charge is -2.34. The highest BCUT2D eigenvalue weighted by atomic mass is 16.3. The quantitative estimate of drug-likeness (QED) is 0.755. The zero-order chi connectivity index (χ0) is 11.5. The van der Waals surface area contributed by atoms with E-state index in [0.29, 0.717) is 5.92 Å². The van der Waals surface area contributed by atoms with E-state index < -0.39 is 5.60 Å². The second kappa shape index (κ2) is 5.31. The van der Waals surface area contributed by atoms with Crippen LogP contribution in [0.1, 0.15) is 59.3 Å². The van der Waals surface area contributed by atoms with Crippen LogP contribution in [-0.2, 0) is 0 Å². The fourth-order valence-corrected chi connectivity index (χ4v) is 2.56. The standard InChI is InChI=1S/C13H26O2/c1-4-10-5-6-12(14)11(9-10)7-8-13(2,3)15/h10-12,14-15H,4-9H2,1-3H3. The molecular formula is C13H26O2. The Bertz CT molecular complexity index is 183. The first-order valence-electron chi connectivity index (χ1n) is 6.33. The monoisotopic (exact) mass is 214 g/mol. The lowest BCUT2D eigenvalue weighted by molar-refractivity contribution is 0.0166. The molecule has 2 nitrogen and oxygen atoms in total. The highest BCUT2D eigenvalue weighted by Crippen LogP contribution is 2.34. The van der Waals surface area contributed by atoms with Gasteiger partial charge in [-0.25, -0.2) is 0 Å². The van der Waals surface area contributed by atoms with Gasteiger partial charge in [0.1, 0.15) is 0 Å². The smallest absolute Gasteiger partial charge is 0.0591 e. The largest absolute Gasteiger partial charge is 0.393 e. The fourth-order valence-electron chi connectivity index (χ4n) is 2.56. The van der Waals surface area contributed by atoms with E-state index >= 15 is 0 Å². The van der Waals surface area contributed by atoms with Gasteiger partial charge in [-0.2, -0.15) is 0 Å². The van der Waals surface area contributed by atoms with Gasteiger partial charge < -0.3 is 10.2 Å². The summed E-state index contributed by atoms with van der Waals surface area (Å²) in [4.78, 5) is 0. The summed E-state index contributed by atoms with van der Waals surface area (Å²) in [6.45, 7) is 5.93. The topological polar surface area (TPSA) is 40.5 Å². The maximum Gasteiger partial charge on any atom is 0.0591 e. The first kappa shape index (κ1) is 13.0. The van der Waals surface area contributed by atoms with Gasteiger partial charge in [0, 0.05) is 0 Å². The SMILES string of the molecule is CCC1CCC(O)C(CCC(C)(C)O)C1. The number of rotatable bonds is 4. The molecule has 0 aromatic heterocycles. The van der Waals surface area contributed by atoms with Crippen LogP contribution < -0.4 is 0 Å². The van der Waals surface area contributed by atoms with Crippen molar-refractivity contribution in [3.8, 4) is 0 Å². The van der Waals surface area contributed by atoms with E-state index in [2.05, 4.69) is 6.92 Å². The van der Waals surface area contributed by atoms with Gasteiger partial charge in [-0.15, -0.1) is 0 Å². The fraction of sp³-hybridized carbons (Fsp3) is 1.00. The van der Waals surface area contributed by atoms with Crippen molar-refractivity contribution >= 4 is 0 Å². The van der Waals surface area contributed by atoms with Crippen LogP contribution in [0.3, 0.4) is 0 Å². The number of hydrogen-bond donors (Lipinski definition) is 2. The average Bonchev–Trinajstić information content (AvgIpc) is 2.15. The number of aliphatic hydroxyl groups is 2. The normalized spacial score (nSPS) is 33.0. The zero-order valence-electron chi connectivity index (χ0n) is 10.4. The molecular weight excluding hydrogens is 188 g/mol. The molecule has 0 aliphatic heterocycles. The van der Waals surface area contributed by atoms with E-state index in [9.17, 15) is 10.2 Å². The molecule has 0 radical (unpaired) electrons. The molecule has 1 aliphatic rings. The molecule has 2 heteroatoms. The molecule has 3 atom stereocenters. The van der Waals surface area contributed by atoms with E-state index in [1.807, 2.05) is 13.8 Å². The van der Waals surface area contributed by atoms with Crippen LogP contribution in [0.4, 0.5) is 0 Å². The summed E-state index contributed by atoms with van der Waals surface area (Å²) in [5.41, 5.74) is -0.584. The summed E-state index contributed by atoms with van der Waals surface area (Å²) < 4.78 is 0. The maximum atomic E-state index is 9.90. The van der Waals surface area contributed by atoms with Crippen LogP contribution in [0.15, 0.2) is 0 Å². The Labute approximate surface area is 93.7 Å². The highest BCUT2D eigenvalue weighted by Gasteiger charge is 2.29. The van der Waals surface area contributed by atoms with Gasteiger partial charge in [0.25, 0.3) is 0 Å². The molecule has 1 fully saturated rings. The predicted molar refractivity (Wildman–Crippen MR) is 62.7 cm³/mol. The first-order valence-corrected chi connectivity index (χ1v) is 6.33. The molecule has 3 unspecified atom stereocenters. The van der Waals surface area contributed by atoms with Crippen LogP contribution in [0, 0.1) is 11.8 Å². The molecule has 0 bridgehead atoms. The second-order valence-corrected chi connectivity index (χ2v) is 5.77. The molecule has 0 aromatic rings. The summed E-state index contributed by atoms with van der Waals surface area (Å²) in [6, 6.07) is 0. The molecule has 0 spiro atoms. The van der Waals surface area contributed by atoms with E-state index in [0.717, 1.165) is 31.6 Å². The van der Waals surface area contributed by atoms with Crippen molar-refractivity contribution in [2.45, 2.75) is 71.0 Å². The van der Waals surface area contributed by atoms with Gasteiger partial charge in [0.15, 0.2) is 0 Å². The Balaban J connectivity index is 2.38. The third kappa shape index (κ3) is 4.52. The molecule has 2 N–H and O–H groups in total. The van der Waals surface area contributed by atoms with Gasteiger partial charge in [-0.3, -0.25) is 0 Å². The van der Waals surface area contributed by atoms with Crippen molar-refractivity contribution in [3.63, 3.8) is 0 Å². The minimum Gasteiger partial charge on any atom is -0.393 e. The predicted octanol–water partition coefficient (Wildman–Crippen LogP) is 2.72. The van der Waals surface area contributed by atoms with E-state index in [4.69, 9.17) is 0 Å². The van der Waals surface area contributed by atoms with Gasteiger partial charge in [0.2, 0.25) is 0 Å². The van der Waals surface area contributed by atoms with Crippen LogP contribution in [0.2, 0.25) is 0 Å². The van der Waals surface area contributed by atoms with Gasteiger partial charge >= 0.3 is 0 Å². The molecule has 90 valence electrons. The van der Waals surface area contributed by atoms with Crippen molar-refractivity contribution in [1.29, 1.82) is 0 Å². The van der Waals surface area contributed by atoms with Crippen LogP contribution >= 0.6 is 0 Å². The van der Waals surface area contributed by atoms with Crippen LogP contribution in [0.5, 0.6) is 0 Å². The highest BCUT2D eigenvalue weighted by molar-refractivity contribution is 4.81. The molecule has 0 saturated heterocycles. The number of hydrogen-bond acceptors (Lipinski definition) is 2. The van der Waals surface area contributed by atoms with Crippen molar-refractivity contribution in [2.24, 2.45) is 11.8 Å². The third-order valence-corrected chi connectivity index (χ3v) is 3.76. The minimum absolute atomic E-state index is 0.129. The Morgan fingerprint density at radius 2 is 1.93 bits per heavy atom. The molecule has 1 aliphatic carbocycles. The molecule has 15 heavy (non-hydrogen) atoms. The summed E-state index contributed by atoms with van der Waals surface area (Å²) in [5, 5.41) is 19.6.